The van der Waals surface area contributed by atoms with E-state index in [-0.39, 0.29) is 5.69 Å². The van der Waals surface area contributed by atoms with E-state index in [1.165, 1.54) is 24.3 Å². The molecule has 152 valence electrons. The van der Waals surface area contributed by atoms with Gasteiger partial charge in [-0.1, -0.05) is 91.0 Å². The maximum Gasteiger partial charge on any atom is 0.276 e. The Kier molecular flexibility index (Phi) is 5.87. The maximum absolute atomic E-state index is 13.4. The minimum Gasteiger partial charge on any atom is -0.267 e. The largest absolute Gasteiger partial charge is 0.276 e. The van der Waals surface area contributed by atoms with Crippen LogP contribution in [0.1, 0.15) is 10.4 Å². The molecule has 0 N–H and O–H groups in total. The summed E-state index contributed by atoms with van der Waals surface area (Å²) in [4.78, 5) is 23.8. The van der Waals surface area contributed by atoms with Crippen molar-refractivity contribution in [2.24, 2.45) is 4.74 Å². The lowest BCUT2D eigenvalue weighted by molar-refractivity contribution is -0.384. The molecule has 4 aromatic carbocycles. The Bertz CT molecular complexity index is 1150. The van der Waals surface area contributed by atoms with Crippen molar-refractivity contribution in [3.8, 4) is 0 Å². The normalized spacial score (nSPS) is 11.0. The van der Waals surface area contributed by atoms with Gasteiger partial charge in [0.05, 0.1) is 12.0 Å². The number of hydrogen-bond donors (Lipinski definition) is 0. The second-order valence-corrected chi connectivity index (χ2v) is 9.87. The van der Waals surface area contributed by atoms with Crippen molar-refractivity contribution in [3.63, 3.8) is 0 Å². The van der Waals surface area contributed by atoms with Gasteiger partial charge >= 0.3 is 0 Å². The summed E-state index contributed by atoms with van der Waals surface area (Å²) in [5.74, 6) is -0.403. The van der Waals surface area contributed by atoms with Gasteiger partial charge in [0.25, 0.3) is 11.6 Å². The SMILES string of the molecule is O=C(N=P(c1ccccc1)(c1ccccc1)c1ccccc1)c1ccc([N+](=O)[O-])cc1. The second-order valence-electron chi connectivity index (χ2n) is 6.85. The molecule has 0 aliphatic rings. The monoisotopic (exact) mass is 426 g/mol. The Morgan fingerprint density at radius 2 is 1.03 bits per heavy atom. The molecule has 4 rings (SSSR count). The number of nitro groups is 1. The van der Waals surface area contributed by atoms with Crippen molar-refractivity contribution in [2.45, 2.75) is 0 Å². The summed E-state index contributed by atoms with van der Waals surface area (Å²) in [6.07, 6.45) is 0. The summed E-state index contributed by atoms with van der Waals surface area (Å²) >= 11 is 0. The van der Waals surface area contributed by atoms with Crippen LogP contribution < -0.4 is 15.9 Å². The van der Waals surface area contributed by atoms with Gasteiger partial charge < -0.3 is 0 Å². The summed E-state index contributed by atoms with van der Waals surface area (Å²) in [6.45, 7) is 0. The Hall–Kier alpha value is -3.82. The van der Waals surface area contributed by atoms with E-state index in [9.17, 15) is 14.9 Å². The van der Waals surface area contributed by atoms with Gasteiger partial charge in [-0.15, -0.1) is 0 Å². The molecular weight excluding hydrogens is 407 g/mol. The summed E-state index contributed by atoms with van der Waals surface area (Å²) in [7, 11) is -2.66. The van der Waals surface area contributed by atoms with E-state index in [0.29, 0.717) is 5.56 Å². The number of nitro benzene ring substituents is 1. The third kappa shape index (κ3) is 4.09. The predicted octanol–water partition coefficient (Wildman–Crippen LogP) is 4.91. The smallest absolute Gasteiger partial charge is 0.267 e. The fourth-order valence-electron chi connectivity index (χ4n) is 3.47. The molecule has 0 bridgehead atoms. The fourth-order valence-corrected chi connectivity index (χ4v) is 6.91. The molecule has 0 aliphatic carbocycles. The topological polar surface area (TPSA) is 72.6 Å². The third-order valence-electron chi connectivity index (χ3n) is 4.96. The zero-order valence-electron chi connectivity index (χ0n) is 16.5. The number of amides is 1. The molecule has 0 saturated heterocycles. The Morgan fingerprint density at radius 3 is 1.39 bits per heavy atom. The Labute approximate surface area is 180 Å². The first-order valence-electron chi connectivity index (χ1n) is 9.69. The maximum atomic E-state index is 13.4. The number of hydrogen-bond acceptors (Lipinski definition) is 3. The van der Waals surface area contributed by atoms with E-state index in [1.807, 2.05) is 91.0 Å². The average molecular weight is 426 g/mol. The van der Waals surface area contributed by atoms with E-state index in [0.717, 1.165) is 15.9 Å². The molecule has 0 radical (unpaired) electrons. The second kappa shape index (κ2) is 8.90. The number of non-ortho nitro benzene ring substituents is 1. The van der Waals surface area contributed by atoms with E-state index in [4.69, 9.17) is 4.74 Å². The molecule has 0 heterocycles. The van der Waals surface area contributed by atoms with Crippen LogP contribution in [0.4, 0.5) is 5.69 Å². The van der Waals surface area contributed by atoms with E-state index >= 15 is 0 Å². The van der Waals surface area contributed by atoms with Gasteiger partial charge in [0.1, 0.15) is 0 Å². The van der Waals surface area contributed by atoms with Crippen LogP contribution >= 0.6 is 7.05 Å². The zero-order chi connectivity index (χ0) is 21.7. The van der Waals surface area contributed by atoms with Crippen molar-refractivity contribution >= 4 is 34.6 Å². The molecule has 0 spiro atoms. The van der Waals surface area contributed by atoms with Crippen LogP contribution in [0.5, 0.6) is 0 Å². The molecule has 0 aliphatic heterocycles. The molecule has 31 heavy (non-hydrogen) atoms. The molecule has 0 fully saturated rings. The Balaban J connectivity index is 2.00. The highest BCUT2D eigenvalue weighted by atomic mass is 31.2. The van der Waals surface area contributed by atoms with Crippen LogP contribution in [0.15, 0.2) is 120 Å². The van der Waals surface area contributed by atoms with Gasteiger partial charge in [-0.05, 0) is 12.1 Å². The molecule has 0 saturated carbocycles. The van der Waals surface area contributed by atoms with Gasteiger partial charge in [-0.3, -0.25) is 14.9 Å². The number of benzene rings is 4. The quantitative estimate of drug-likeness (QED) is 0.259. The van der Waals surface area contributed by atoms with Crippen LogP contribution in [0.25, 0.3) is 0 Å². The number of carbonyl (C=O) groups excluding carboxylic acids is 1. The lowest BCUT2D eigenvalue weighted by Crippen LogP contribution is -2.26. The van der Waals surface area contributed by atoms with Crippen molar-refractivity contribution in [3.05, 3.63) is 131 Å². The van der Waals surface area contributed by atoms with Gasteiger partial charge in [0.2, 0.25) is 0 Å². The van der Waals surface area contributed by atoms with Crippen molar-refractivity contribution in [1.29, 1.82) is 0 Å². The number of carbonyl (C=O) groups is 1. The lowest BCUT2D eigenvalue weighted by Gasteiger charge is -2.26. The van der Waals surface area contributed by atoms with Gasteiger partial charge in [0.15, 0.2) is 0 Å². The van der Waals surface area contributed by atoms with E-state index < -0.39 is 17.9 Å². The summed E-state index contributed by atoms with van der Waals surface area (Å²) in [5, 5.41) is 13.9. The van der Waals surface area contributed by atoms with Crippen LogP contribution in [0.3, 0.4) is 0 Å². The summed E-state index contributed by atoms with van der Waals surface area (Å²) < 4.78 is 4.87. The third-order valence-corrected chi connectivity index (χ3v) is 8.57. The first kappa shape index (κ1) is 20.5. The molecule has 0 aromatic heterocycles. The van der Waals surface area contributed by atoms with Crippen molar-refractivity contribution in [2.75, 3.05) is 0 Å². The minimum atomic E-state index is -2.66. The Morgan fingerprint density at radius 1 is 0.645 bits per heavy atom. The van der Waals surface area contributed by atoms with Crippen LogP contribution in [0, 0.1) is 10.1 Å². The van der Waals surface area contributed by atoms with Gasteiger partial charge in [0, 0.05) is 33.6 Å². The predicted molar refractivity (Wildman–Crippen MR) is 125 cm³/mol. The van der Waals surface area contributed by atoms with Crippen molar-refractivity contribution < 1.29 is 9.72 Å². The molecular formula is C25H19N2O3P. The molecule has 5 nitrogen and oxygen atoms in total. The number of nitrogens with zero attached hydrogens (tertiary/aromatic N) is 2. The number of rotatable bonds is 5. The van der Waals surface area contributed by atoms with Crippen LogP contribution in [-0.4, -0.2) is 10.8 Å². The molecule has 1 amide bonds. The van der Waals surface area contributed by atoms with E-state index in [1.54, 1.807) is 0 Å². The molecule has 0 unspecified atom stereocenters. The standard InChI is InChI=1S/C25H19N2O3P/c28-25(20-16-18-21(19-17-20)27(29)30)26-31(22-10-4-1-5-11-22,23-12-6-2-7-13-23)24-14-8-3-9-15-24/h1-19H. The van der Waals surface area contributed by atoms with Gasteiger partial charge in [-0.25, -0.2) is 4.74 Å². The van der Waals surface area contributed by atoms with Crippen molar-refractivity contribution in [1.82, 2.24) is 0 Å². The van der Waals surface area contributed by atoms with Crippen LogP contribution in [-0.2, 0) is 0 Å². The highest BCUT2D eigenvalue weighted by molar-refractivity contribution is 7.87. The zero-order valence-corrected chi connectivity index (χ0v) is 17.4. The fraction of sp³-hybridized carbons (Fsp3) is 0. The minimum absolute atomic E-state index is 0.0632. The average Bonchev–Trinajstić information content (AvgIpc) is 2.84. The molecule has 6 heteroatoms. The first-order chi connectivity index (χ1) is 15.1. The van der Waals surface area contributed by atoms with E-state index in [2.05, 4.69) is 0 Å². The summed E-state index contributed by atoms with van der Waals surface area (Å²) in [6, 6.07) is 35.1. The highest BCUT2D eigenvalue weighted by Gasteiger charge is 2.28. The highest BCUT2D eigenvalue weighted by Crippen LogP contribution is 2.46. The summed E-state index contributed by atoms with van der Waals surface area (Å²) in [5.41, 5.74) is 0.254. The molecule has 0 atom stereocenters. The van der Waals surface area contributed by atoms with Crippen LogP contribution in [0.2, 0.25) is 0 Å². The first-order valence-corrected chi connectivity index (χ1v) is 11.4. The lowest BCUT2D eigenvalue weighted by atomic mass is 10.2. The van der Waals surface area contributed by atoms with Gasteiger partial charge in [-0.2, -0.15) is 0 Å². The molecule has 4 aromatic rings.